The van der Waals surface area contributed by atoms with Crippen molar-refractivity contribution in [2.24, 2.45) is 11.3 Å². The fourth-order valence-electron chi connectivity index (χ4n) is 4.12. The van der Waals surface area contributed by atoms with Crippen LogP contribution in [0.4, 0.5) is 0 Å². The maximum absolute atomic E-state index is 13.1. The fourth-order valence-corrected chi connectivity index (χ4v) is 4.12. The Morgan fingerprint density at radius 2 is 2.10 bits per heavy atom. The third-order valence-electron chi connectivity index (χ3n) is 5.44. The zero-order valence-corrected chi connectivity index (χ0v) is 13.0. The number of carbonyl (C=O) groups is 2. The smallest absolute Gasteiger partial charge is 0.182 e. The summed E-state index contributed by atoms with van der Waals surface area (Å²) in [5.74, 6) is 0.580. The van der Waals surface area contributed by atoms with Crippen LogP contribution in [0.5, 0.6) is 0 Å². The molecule has 0 fully saturated rings. The highest BCUT2D eigenvalue weighted by Crippen LogP contribution is 2.54. The van der Waals surface area contributed by atoms with Crippen molar-refractivity contribution >= 4 is 11.6 Å². The summed E-state index contributed by atoms with van der Waals surface area (Å²) in [6, 6.07) is 0. The van der Waals surface area contributed by atoms with E-state index in [-0.39, 0.29) is 23.4 Å². The molecule has 3 unspecified atom stereocenters. The number of nitrogens with zero attached hydrogens (tertiary/aromatic N) is 1. The molecule has 112 valence electrons. The minimum atomic E-state index is -0.915. The van der Waals surface area contributed by atoms with Crippen LogP contribution < -0.4 is 0 Å². The number of carbonyl (C=O) groups excluding carboxylic acids is 2. The summed E-state index contributed by atoms with van der Waals surface area (Å²) in [6.45, 7) is 7.82. The molecule has 0 amide bonds. The Hall–Kier alpha value is -1.71. The average molecular weight is 287 g/mol. The van der Waals surface area contributed by atoms with E-state index in [0.29, 0.717) is 23.4 Å². The molecule has 4 heteroatoms. The second-order valence-corrected chi connectivity index (χ2v) is 6.28. The Labute approximate surface area is 124 Å². The van der Waals surface area contributed by atoms with Crippen molar-refractivity contribution in [2.45, 2.75) is 52.9 Å². The molecule has 0 saturated carbocycles. The van der Waals surface area contributed by atoms with Crippen molar-refractivity contribution in [3.63, 3.8) is 0 Å². The van der Waals surface area contributed by atoms with Crippen molar-refractivity contribution < 1.29 is 14.1 Å². The Kier molecular flexibility index (Phi) is 3.15. The molecule has 0 N–H and O–H groups in total. The third-order valence-corrected chi connectivity index (χ3v) is 5.44. The van der Waals surface area contributed by atoms with Crippen LogP contribution in [0.15, 0.2) is 16.2 Å². The Morgan fingerprint density at radius 3 is 2.71 bits per heavy atom. The first kappa shape index (κ1) is 14.2. The lowest BCUT2D eigenvalue weighted by atomic mass is 9.54. The highest BCUT2D eigenvalue weighted by Gasteiger charge is 2.58. The predicted octanol–water partition coefficient (Wildman–Crippen LogP) is 3.60. The van der Waals surface area contributed by atoms with Crippen LogP contribution in [0.2, 0.25) is 0 Å². The summed E-state index contributed by atoms with van der Waals surface area (Å²) in [6.07, 6.45) is 3.89. The van der Waals surface area contributed by atoms with E-state index in [9.17, 15) is 9.59 Å². The molecule has 21 heavy (non-hydrogen) atoms. The van der Waals surface area contributed by atoms with Gasteiger partial charge in [0.2, 0.25) is 0 Å². The van der Waals surface area contributed by atoms with Crippen LogP contribution in [0.25, 0.3) is 0 Å². The lowest BCUT2D eigenvalue weighted by molar-refractivity contribution is -0.126. The number of allylic oxidation sites excluding steroid dienone is 2. The molecule has 3 rings (SSSR count). The molecule has 3 atom stereocenters. The van der Waals surface area contributed by atoms with Gasteiger partial charge in [-0.25, -0.2) is 0 Å². The number of hydrogen-bond acceptors (Lipinski definition) is 4. The number of Topliss-reactive ketones (excluding diaryl/α,β-unsaturated/α-hetero) is 1. The van der Waals surface area contributed by atoms with E-state index < -0.39 is 5.41 Å². The summed E-state index contributed by atoms with van der Waals surface area (Å²) < 4.78 is 5.41. The molecule has 2 aliphatic carbocycles. The molecule has 2 aliphatic rings. The van der Waals surface area contributed by atoms with Crippen LogP contribution in [0, 0.1) is 18.3 Å². The largest absolute Gasteiger partial charge is 0.360 e. The zero-order chi connectivity index (χ0) is 15.4. The summed E-state index contributed by atoms with van der Waals surface area (Å²) in [5, 5.41) is 3.96. The van der Waals surface area contributed by atoms with E-state index in [2.05, 4.69) is 19.0 Å². The van der Waals surface area contributed by atoms with E-state index in [1.807, 2.05) is 6.92 Å². The molecule has 0 saturated heterocycles. The molecule has 1 aromatic rings. The van der Waals surface area contributed by atoms with Gasteiger partial charge in [0.15, 0.2) is 17.3 Å². The highest BCUT2D eigenvalue weighted by molar-refractivity contribution is 6.20. The molecule has 1 heterocycles. The number of aryl methyl sites for hydroxylation is 1. The number of hydrogen-bond donors (Lipinski definition) is 0. The minimum absolute atomic E-state index is 0.0118. The van der Waals surface area contributed by atoms with Gasteiger partial charge in [-0.1, -0.05) is 31.5 Å². The van der Waals surface area contributed by atoms with Crippen LogP contribution in [0.1, 0.15) is 67.8 Å². The van der Waals surface area contributed by atoms with E-state index in [1.165, 1.54) is 0 Å². The molecular weight excluding hydrogens is 266 g/mol. The van der Waals surface area contributed by atoms with Crippen molar-refractivity contribution in [1.82, 2.24) is 5.16 Å². The maximum atomic E-state index is 13.1. The number of aromatic nitrogens is 1. The minimum Gasteiger partial charge on any atom is -0.360 e. The summed E-state index contributed by atoms with van der Waals surface area (Å²) in [7, 11) is 0. The monoisotopic (exact) mass is 287 g/mol. The van der Waals surface area contributed by atoms with Gasteiger partial charge in [0, 0.05) is 5.92 Å². The predicted molar refractivity (Wildman–Crippen MR) is 78.2 cm³/mol. The second kappa shape index (κ2) is 4.65. The number of rotatable bonds is 2. The lowest BCUT2D eigenvalue weighted by Gasteiger charge is -2.45. The van der Waals surface area contributed by atoms with Gasteiger partial charge in [-0.3, -0.25) is 9.59 Å². The van der Waals surface area contributed by atoms with Crippen molar-refractivity contribution in [3.8, 4) is 0 Å². The second-order valence-electron chi connectivity index (χ2n) is 6.28. The van der Waals surface area contributed by atoms with E-state index in [0.717, 1.165) is 18.4 Å². The van der Waals surface area contributed by atoms with Gasteiger partial charge in [0.05, 0.1) is 16.7 Å². The summed E-state index contributed by atoms with van der Waals surface area (Å²) in [5.41, 5.74) is 1.36. The molecule has 0 radical (unpaired) electrons. The third kappa shape index (κ3) is 1.65. The van der Waals surface area contributed by atoms with Gasteiger partial charge in [-0.2, -0.15) is 0 Å². The first-order valence-corrected chi connectivity index (χ1v) is 7.72. The van der Waals surface area contributed by atoms with E-state index >= 15 is 0 Å². The molecular formula is C17H21NO3. The van der Waals surface area contributed by atoms with Gasteiger partial charge in [-0.05, 0) is 38.2 Å². The van der Waals surface area contributed by atoms with Crippen molar-refractivity contribution in [1.29, 1.82) is 0 Å². The van der Waals surface area contributed by atoms with Crippen LogP contribution in [0.3, 0.4) is 0 Å². The van der Waals surface area contributed by atoms with Gasteiger partial charge in [0.25, 0.3) is 0 Å². The molecule has 0 aliphatic heterocycles. The SMILES string of the molecule is CCC1=CC(=O)C2(CC)C(=O)c3c(C)noc3C(C)C2C1. The van der Waals surface area contributed by atoms with Crippen LogP contribution in [-0.2, 0) is 4.79 Å². The van der Waals surface area contributed by atoms with Crippen LogP contribution >= 0.6 is 0 Å². The molecule has 0 spiro atoms. The first-order chi connectivity index (χ1) is 9.97. The van der Waals surface area contributed by atoms with Crippen molar-refractivity contribution in [3.05, 3.63) is 28.7 Å². The molecule has 1 aromatic heterocycles. The molecule has 0 bridgehead atoms. The number of fused-ring (bicyclic) bond motifs is 2. The lowest BCUT2D eigenvalue weighted by Crippen LogP contribution is -2.51. The fraction of sp³-hybridized carbons (Fsp3) is 0.588. The Bertz CT molecular complexity index is 655. The average Bonchev–Trinajstić information content (AvgIpc) is 2.86. The van der Waals surface area contributed by atoms with Gasteiger partial charge in [-0.15, -0.1) is 0 Å². The quantitative estimate of drug-likeness (QED) is 0.780. The molecule has 4 nitrogen and oxygen atoms in total. The van der Waals surface area contributed by atoms with Gasteiger partial charge < -0.3 is 4.52 Å². The first-order valence-electron chi connectivity index (χ1n) is 7.72. The van der Waals surface area contributed by atoms with Crippen molar-refractivity contribution in [2.75, 3.05) is 0 Å². The van der Waals surface area contributed by atoms with Gasteiger partial charge >= 0.3 is 0 Å². The summed E-state index contributed by atoms with van der Waals surface area (Å²) in [4.78, 5) is 25.9. The van der Waals surface area contributed by atoms with E-state index in [4.69, 9.17) is 4.52 Å². The standard InChI is InChI=1S/C17H21NO3/c1-5-11-7-12-9(3)15-14(10(4)18-21-15)16(20)17(12,6-2)13(19)8-11/h8-9,12H,5-7H2,1-4H3. The molecule has 0 aromatic carbocycles. The van der Waals surface area contributed by atoms with E-state index in [1.54, 1.807) is 13.0 Å². The normalized spacial score (nSPS) is 31.7. The Morgan fingerprint density at radius 1 is 1.38 bits per heavy atom. The summed E-state index contributed by atoms with van der Waals surface area (Å²) >= 11 is 0. The number of ketones is 2. The topological polar surface area (TPSA) is 60.2 Å². The highest BCUT2D eigenvalue weighted by atomic mass is 16.5. The van der Waals surface area contributed by atoms with Crippen LogP contribution in [-0.4, -0.2) is 16.7 Å². The van der Waals surface area contributed by atoms with Gasteiger partial charge in [0.1, 0.15) is 0 Å². The zero-order valence-electron chi connectivity index (χ0n) is 13.0. The Balaban J connectivity index is 2.23. The maximum Gasteiger partial charge on any atom is 0.182 e.